The van der Waals surface area contributed by atoms with Crippen molar-refractivity contribution in [1.29, 1.82) is 0 Å². The number of hydrogen-bond donors (Lipinski definition) is 2. The van der Waals surface area contributed by atoms with Crippen LogP contribution in [-0.4, -0.2) is 15.2 Å². The number of aromatic nitrogens is 2. The van der Waals surface area contributed by atoms with E-state index in [2.05, 4.69) is 26.0 Å². The second kappa shape index (κ2) is 4.18. The molecule has 0 amide bonds. The largest absolute Gasteiger partial charge is 0.508 e. The first-order chi connectivity index (χ1) is 8.34. The number of aromatic hydroxyl groups is 1. The monoisotopic (exact) mass is 231 g/mol. The predicted molar refractivity (Wildman–Crippen MR) is 60.3 cm³/mol. The Hall–Kier alpha value is -1.88. The van der Waals surface area contributed by atoms with Crippen LogP contribution in [-0.2, 0) is 13.0 Å². The smallest absolute Gasteiger partial charge is 0.213 e. The summed E-state index contributed by atoms with van der Waals surface area (Å²) in [7, 11) is 0. The first-order valence-corrected chi connectivity index (χ1v) is 5.64. The lowest BCUT2D eigenvalue weighted by molar-refractivity contribution is 0.403. The minimum atomic E-state index is 0.260. The lowest BCUT2D eigenvalue weighted by Crippen LogP contribution is -2.19. The molecule has 1 heterocycles. The summed E-state index contributed by atoms with van der Waals surface area (Å²) in [4.78, 5) is 3.96. The van der Waals surface area contributed by atoms with Crippen LogP contribution in [0.25, 0.3) is 0 Å². The molecule has 0 saturated heterocycles. The van der Waals surface area contributed by atoms with Gasteiger partial charge in [-0.3, -0.25) is 0 Å². The summed E-state index contributed by atoms with van der Waals surface area (Å²) >= 11 is 0. The van der Waals surface area contributed by atoms with Gasteiger partial charge in [-0.25, -0.2) is 0 Å². The zero-order valence-corrected chi connectivity index (χ0v) is 9.26. The fourth-order valence-corrected chi connectivity index (χ4v) is 2.33. The normalized spacial score (nSPS) is 18.2. The molecule has 2 aromatic rings. The third-order valence-electron chi connectivity index (χ3n) is 3.16. The highest BCUT2D eigenvalue weighted by Crippen LogP contribution is 2.36. The molecular weight excluding hydrogens is 218 g/mol. The van der Waals surface area contributed by atoms with E-state index in [0.29, 0.717) is 18.1 Å². The molecule has 88 valence electrons. The van der Waals surface area contributed by atoms with Crippen molar-refractivity contribution in [3.8, 4) is 5.75 Å². The number of nitrogens with one attached hydrogen (secondary N) is 1. The van der Waals surface area contributed by atoms with E-state index in [4.69, 9.17) is 0 Å². The van der Waals surface area contributed by atoms with Gasteiger partial charge in [0.15, 0.2) is 5.82 Å². The van der Waals surface area contributed by atoms with E-state index in [-0.39, 0.29) is 6.04 Å². The van der Waals surface area contributed by atoms with Gasteiger partial charge >= 0.3 is 0 Å². The Bertz CT molecular complexity index is 510. The summed E-state index contributed by atoms with van der Waals surface area (Å²) in [6.45, 7) is 0.580. The van der Waals surface area contributed by atoms with Gasteiger partial charge < -0.3 is 14.9 Å². The molecule has 0 aliphatic heterocycles. The molecule has 1 atom stereocenters. The predicted octanol–water partition coefficient (Wildman–Crippen LogP) is 1.55. The van der Waals surface area contributed by atoms with Crippen LogP contribution in [0.1, 0.15) is 29.4 Å². The van der Waals surface area contributed by atoms with Gasteiger partial charge in [0.2, 0.25) is 6.39 Å². The van der Waals surface area contributed by atoms with Crippen LogP contribution in [0.2, 0.25) is 0 Å². The van der Waals surface area contributed by atoms with Gasteiger partial charge in [-0.1, -0.05) is 17.3 Å². The lowest BCUT2D eigenvalue weighted by atomic mass is 10.1. The van der Waals surface area contributed by atoms with Crippen molar-refractivity contribution in [2.24, 2.45) is 0 Å². The van der Waals surface area contributed by atoms with E-state index in [1.807, 2.05) is 6.07 Å². The summed E-state index contributed by atoms with van der Waals surface area (Å²) in [6, 6.07) is 5.93. The summed E-state index contributed by atoms with van der Waals surface area (Å²) in [5.74, 6) is 1.05. The van der Waals surface area contributed by atoms with E-state index < -0.39 is 0 Å². The molecule has 0 spiro atoms. The highest BCUT2D eigenvalue weighted by Gasteiger charge is 2.24. The molecule has 3 rings (SSSR count). The third-order valence-corrected chi connectivity index (χ3v) is 3.16. The fourth-order valence-electron chi connectivity index (χ4n) is 2.33. The van der Waals surface area contributed by atoms with Gasteiger partial charge in [-0.05, 0) is 30.0 Å². The molecule has 5 heteroatoms. The number of hydrogen-bond acceptors (Lipinski definition) is 5. The van der Waals surface area contributed by atoms with Crippen molar-refractivity contribution in [3.63, 3.8) is 0 Å². The molecule has 0 radical (unpaired) electrons. The zero-order chi connectivity index (χ0) is 11.7. The van der Waals surface area contributed by atoms with Crippen LogP contribution in [0.15, 0.2) is 29.1 Å². The van der Waals surface area contributed by atoms with E-state index in [1.165, 1.54) is 12.0 Å². The standard InChI is InChI=1S/C12H13N3O2/c16-11-3-1-2-8-9(11)4-5-10(8)13-6-12-14-7-17-15-12/h1-3,7,10,13,16H,4-6H2. The molecule has 0 bridgehead atoms. The number of phenols is 1. The van der Waals surface area contributed by atoms with Crippen LogP contribution in [0.4, 0.5) is 0 Å². The van der Waals surface area contributed by atoms with Crippen LogP contribution < -0.4 is 5.32 Å². The molecule has 1 aliphatic rings. The van der Waals surface area contributed by atoms with Crippen molar-refractivity contribution in [2.45, 2.75) is 25.4 Å². The van der Waals surface area contributed by atoms with E-state index >= 15 is 0 Å². The zero-order valence-electron chi connectivity index (χ0n) is 9.26. The molecule has 5 nitrogen and oxygen atoms in total. The fraction of sp³-hybridized carbons (Fsp3) is 0.333. The SMILES string of the molecule is Oc1cccc2c1CCC2NCc1ncon1. The Morgan fingerprint density at radius 1 is 1.47 bits per heavy atom. The van der Waals surface area contributed by atoms with Crippen molar-refractivity contribution < 1.29 is 9.63 Å². The summed E-state index contributed by atoms with van der Waals surface area (Å²) < 4.78 is 4.68. The summed E-state index contributed by atoms with van der Waals surface area (Å²) in [6.07, 6.45) is 3.22. The van der Waals surface area contributed by atoms with Gasteiger partial charge in [0, 0.05) is 6.04 Å². The maximum absolute atomic E-state index is 9.73. The van der Waals surface area contributed by atoms with Crippen molar-refractivity contribution in [2.75, 3.05) is 0 Å². The van der Waals surface area contributed by atoms with Crippen molar-refractivity contribution >= 4 is 0 Å². The number of fused-ring (bicyclic) bond motifs is 1. The van der Waals surface area contributed by atoms with Crippen LogP contribution >= 0.6 is 0 Å². The number of nitrogens with zero attached hydrogens (tertiary/aromatic N) is 2. The van der Waals surface area contributed by atoms with E-state index in [0.717, 1.165) is 18.4 Å². The Balaban J connectivity index is 1.73. The van der Waals surface area contributed by atoms with Crippen LogP contribution in [0.5, 0.6) is 5.75 Å². The molecule has 0 fully saturated rings. The van der Waals surface area contributed by atoms with Gasteiger partial charge in [-0.2, -0.15) is 4.98 Å². The quantitative estimate of drug-likeness (QED) is 0.838. The number of benzene rings is 1. The van der Waals surface area contributed by atoms with Gasteiger partial charge in [0.1, 0.15) is 5.75 Å². The summed E-state index contributed by atoms with van der Waals surface area (Å²) in [5.41, 5.74) is 2.23. The molecular formula is C12H13N3O2. The Labute approximate surface area is 98.5 Å². The Morgan fingerprint density at radius 2 is 2.41 bits per heavy atom. The molecule has 1 aromatic heterocycles. The number of phenolic OH excluding ortho intramolecular Hbond substituents is 1. The highest BCUT2D eigenvalue weighted by molar-refractivity contribution is 5.44. The molecule has 1 aliphatic carbocycles. The minimum Gasteiger partial charge on any atom is -0.508 e. The Kier molecular flexibility index (Phi) is 2.53. The number of rotatable bonds is 3. The van der Waals surface area contributed by atoms with E-state index in [9.17, 15) is 5.11 Å². The van der Waals surface area contributed by atoms with Crippen molar-refractivity contribution in [3.05, 3.63) is 41.5 Å². The van der Waals surface area contributed by atoms with Crippen molar-refractivity contribution in [1.82, 2.24) is 15.5 Å². The Morgan fingerprint density at radius 3 is 3.24 bits per heavy atom. The van der Waals surface area contributed by atoms with E-state index in [1.54, 1.807) is 6.07 Å². The topological polar surface area (TPSA) is 71.2 Å². The van der Waals surface area contributed by atoms with Crippen LogP contribution in [0.3, 0.4) is 0 Å². The average molecular weight is 231 g/mol. The third kappa shape index (κ3) is 1.89. The first-order valence-electron chi connectivity index (χ1n) is 5.64. The molecule has 2 N–H and O–H groups in total. The van der Waals surface area contributed by atoms with Gasteiger partial charge in [0.25, 0.3) is 0 Å². The molecule has 17 heavy (non-hydrogen) atoms. The molecule has 1 aromatic carbocycles. The van der Waals surface area contributed by atoms with Gasteiger partial charge in [0.05, 0.1) is 6.54 Å². The average Bonchev–Trinajstić information content (AvgIpc) is 2.95. The summed E-state index contributed by atoms with van der Waals surface area (Å²) in [5, 5.41) is 16.9. The second-order valence-electron chi connectivity index (χ2n) is 4.16. The molecule has 1 unspecified atom stereocenters. The lowest BCUT2D eigenvalue weighted by Gasteiger charge is -2.12. The maximum Gasteiger partial charge on any atom is 0.213 e. The van der Waals surface area contributed by atoms with Crippen LogP contribution in [0, 0.1) is 0 Å². The molecule has 0 saturated carbocycles. The van der Waals surface area contributed by atoms with Gasteiger partial charge in [-0.15, -0.1) is 0 Å². The highest BCUT2D eigenvalue weighted by atomic mass is 16.5. The first kappa shape index (κ1) is 10.3. The second-order valence-corrected chi connectivity index (χ2v) is 4.16. The minimum absolute atomic E-state index is 0.260. The maximum atomic E-state index is 9.73.